The zero-order valence-corrected chi connectivity index (χ0v) is 11.1. The number of aryl methyl sites for hydroxylation is 1. The van der Waals surface area contributed by atoms with Crippen LogP contribution in [0.15, 0.2) is 24.3 Å². The lowest BCUT2D eigenvalue weighted by Crippen LogP contribution is -2.18. The fourth-order valence-electron chi connectivity index (χ4n) is 1.60. The second-order valence-corrected chi connectivity index (χ2v) is 3.99. The molecule has 0 amide bonds. The number of nitrogens with two attached hydrogens (primary N) is 1. The van der Waals surface area contributed by atoms with Crippen LogP contribution < -0.4 is 20.9 Å². The monoisotopic (exact) mass is 260 g/mol. The molecule has 19 heavy (non-hydrogen) atoms. The number of aromatic nitrogens is 3. The summed E-state index contributed by atoms with van der Waals surface area (Å²) in [7, 11) is 3.36. The standard InChI is InChI=1S/C12H16N6O/c1-8-5-4-6-9(7-8)18(2)11-14-10(17-13)15-12(16-11)19-3/h4-7H,13H2,1-3H3,(H,14,15,16,17). The summed E-state index contributed by atoms with van der Waals surface area (Å²) in [6.07, 6.45) is 0. The predicted molar refractivity (Wildman–Crippen MR) is 73.4 cm³/mol. The Morgan fingerprint density at radius 1 is 1.26 bits per heavy atom. The molecule has 7 nitrogen and oxygen atoms in total. The number of benzene rings is 1. The fraction of sp³-hybridized carbons (Fsp3) is 0.250. The Kier molecular flexibility index (Phi) is 3.76. The molecule has 0 saturated heterocycles. The second kappa shape index (κ2) is 5.49. The smallest absolute Gasteiger partial charge is 0.322 e. The second-order valence-electron chi connectivity index (χ2n) is 3.99. The summed E-state index contributed by atoms with van der Waals surface area (Å²) in [6, 6.07) is 8.21. The topological polar surface area (TPSA) is 89.2 Å². The lowest BCUT2D eigenvalue weighted by molar-refractivity contribution is 0.379. The van der Waals surface area contributed by atoms with Gasteiger partial charge in [-0.1, -0.05) is 12.1 Å². The van der Waals surface area contributed by atoms with E-state index in [4.69, 9.17) is 10.6 Å². The Bertz CT molecular complexity index is 552. The molecule has 7 heteroatoms. The highest BCUT2D eigenvalue weighted by atomic mass is 16.5. The lowest BCUT2D eigenvalue weighted by Gasteiger charge is -2.18. The van der Waals surface area contributed by atoms with Crippen LogP contribution in [0.1, 0.15) is 5.56 Å². The van der Waals surface area contributed by atoms with E-state index < -0.39 is 0 Å². The Labute approximate surface area is 111 Å². The molecule has 3 N–H and O–H groups in total. The van der Waals surface area contributed by atoms with Crippen molar-refractivity contribution in [2.45, 2.75) is 6.92 Å². The maximum atomic E-state index is 5.33. The minimum Gasteiger partial charge on any atom is -0.467 e. The lowest BCUT2D eigenvalue weighted by atomic mass is 10.2. The zero-order valence-electron chi connectivity index (χ0n) is 11.1. The molecule has 0 aliphatic carbocycles. The highest BCUT2D eigenvalue weighted by Gasteiger charge is 2.11. The molecular formula is C12H16N6O. The third-order valence-electron chi connectivity index (χ3n) is 2.60. The molecule has 2 aromatic rings. The number of rotatable bonds is 4. The van der Waals surface area contributed by atoms with Gasteiger partial charge in [-0.25, -0.2) is 5.84 Å². The number of hydrogen-bond acceptors (Lipinski definition) is 7. The fourth-order valence-corrected chi connectivity index (χ4v) is 1.60. The van der Waals surface area contributed by atoms with Crippen LogP contribution in [-0.4, -0.2) is 29.1 Å². The van der Waals surface area contributed by atoms with Crippen molar-refractivity contribution in [2.24, 2.45) is 5.84 Å². The quantitative estimate of drug-likeness (QED) is 0.631. The van der Waals surface area contributed by atoms with Crippen LogP contribution in [0.25, 0.3) is 0 Å². The molecule has 0 aliphatic heterocycles. The van der Waals surface area contributed by atoms with Gasteiger partial charge in [0.2, 0.25) is 11.9 Å². The summed E-state index contributed by atoms with van der Waals surface area (Å²) in [5.41, 5.74) is 4.51. The molecule has 0 bridgehead atoms. The molecule has 0 atom stereocenters. The molecule has 100 valence electrons. The van der Waals surface area contributed by atoms with E-state index in [2.05, 4.69) is 20.4 Å². The van der Waals surface area contributed by atoms with Crippen LogP contribution in [-0.2, 0) is 0 Å². The van der Waals surface area contributed by atoms with Gasteiger partial charge in [-0.3, -0.25) is 5.43 Å². The summed E-state index contributed by atoms with van der Waals surface area (Å²) < 4.78 is 5.02. The van der Waals surface area contributed by atoms with E-state index in [0.717, 1.165) is 11.3 Å². The largest absolute Gasteiger partial charge is 0.467 e. The maximum Gasteiger partial charge on any atom is 0.322 e. The maximum absolute atomic E-state index is 5.33. The van der Waals surface area contributed by atoms with E-state index >= 15 is 0 Å². The van der Waals surface area contributed by atoms with Gasteiger partial charge in [-0.05, 0) is 24.6 Å². The third-order valence-corrected chi connectivity index (χ3v) is 2.60. The van der Waals surface area contributed by atoms with E-state index in [1.54, 1.807) is 0 Å². The Morgan fingerprint density at radius 3 is 2.68 bits per heavy atom. The molecule has 0 radical (unpaired) electrons. The number of hydrogen-bond donors (Lipinski definition) is 2. The summed E-state index contributed by atoms with van der Waals surface area (Å²) in [6.45, 7) is 2.03. The van der Waals surface area contributed by atoms with Gasteiger partial charge in [-0.2, -0.15) is 15.0 Å². The minimum atomic E-state index is 0.206. The molecule has 1 aromatic heterocycles. The number of nitrogens with one attached hydrogen (secondary N) is 1. The number of ether oxygens (including phenoxy) is 1. The molecule has 0 unspecified atom stereocenters. The third kappa shape index (κ3) is 2.89. The summed E-state index contributed by atoms with van der Waals surface area (Å²) >= 11 is 0. The zero-order chi connectivity index (χ0) is 13.8. The molecule has 2 rings (SSSR count). The van der Waals surface area contributed by atoms with E-state index in [1.807, 2.05) is 43.1 Å². The summed E-state index contributed by atoms with van der Waals surface area (Å²) in [4.78, 5) is 14.2. The van der Waals surface area contributed by atoms with Crippen molar-refractivity contribution in [3.63, 3.8) is 0 Å². The van der Waals surface area contributed by atoms with Crippen molar-refractivity contribution in [3.05, 3.63) is 29.8 Å². The van der Waals surface area contributed by atoms with Crippen molar-refractivity contribution in [1.82, 2.24) is 15.0 Å². The molecule has 0 fully saturated rings. The number of hydrazine groups is 1. The number of methoxy groups -OCH3 is 1. The van der Waals surface area contributed by atoms with Gasteiger partial charge in [0.15, 0.2) is 0 Å². The van der Waals surface area contributed by atoms with Gasteiger partial charge in [0.25, 0.3) is 0 Å². The van der Waals surface area contributed by atoms with Crippen LogP contribution in [0.5, 0.6) is 6.01 Å². The average Bonchev–Trinajstić information content (AvgIpc) is 2.45. The summed E-state index contributed by atoms with van der Waals surface area (Å²) in [5, 5.41) is 0. The van der Waals surface area contributed by atoms with Crippen LogP contribution in [0.3, 0.4) is 0 Å². The summed E-state index contributed by atoms with van der Waals surface area (Å²) in [5.74, 6) is 6.03. The van der Waals surface area contributed by atoms with Crippen molar-refractivity contribution in [2.75, 3.05) is 24.5 Å². The van der Waals surface area contributed by atoms with Gasteiger partial charge in [0.1, 0.15) is 0 Å². The SMILES string of the molecule is COc1nc(NN)nc(N(C)c2cccc(C)c2)n1. The minimum absolute atomic E-state index is 0.206. The Balaban J connectivity index is 2.40. The van der Waals surface area contributed by atoms with Crippen LogP contribution >= 0.6 is 0 Å². The number of anilines is 3. The first kappa shape index (κ1) is 13.0. The molecule has 0 saturated carbocycles. The Hall–Kier alpha value is -2.41. The van der Waals surface area contributed by atoms with Gasteiger partial charge >= 0.3 is 6.01 Å². The first-order valence-corrected chi connectivity index (χ1v) is 5.71. The van der Waals surface area contributed by atoms with Gasteiger partial charge in [-0.15, -0.1) is 0 Å². The van der Waals surface area contributed by atoms with E-state index in [1.165, 1.54) is 7.11 Å². The van der Waals surface area contributed by atoms with E-state index in [0.29, 0.717) is 5.95 Å². The van der Waals surface area contributed by atoms with Crippen molar-refractivity contribution >= 4 is 17.6 Å². The van der Waals surface area contributed by atoms with E-state index in [9.17, 15) is 0 Å². The Morgan fingerprint density at radius 2 is 2.05 bits per heavy atom. The number of nitrogen functional groups attached to an aromatic ring is 1. The van der Waals surface area contributed by atoms with Crippen molar-refractivity contribution in [1.29, 1.82) is 0 Å². The molecular weight excluding hydrogens is 244 g/mol. The highest BCUT2D eigenvalue weighted by Crippen LogP contribution is 2.22. The van der Waals surface area contributed by atoms with E-state index in [-0.39, 0.29) is 12.0 Å². The van der Waals surface area contributed by atoms with Gasteiger partial charge < -0.3 is 9.64 Å². The van der Waals surface area contributed by atoms with Gasteiger partial charge in [0.05, 0.1) is 7.11 Å². The normalized spacial score (nSPS) is 10.1. The van der Waals surface area contributed by atoms with Crippen LogP contribution in [0.2, 0.25) is 0 Å². The van der Waals surface area contributed by atoms with Crippen molar-refractivity contribution in [3.8, 4) is 6.01 Å². The van der Waals surface area contributed by atoms with Crippen LogP contribution in [0, 0.1) is 6.92 Å². The number of nitrogens with zero attached hydrogens (tertiary/aromatic N) is 4. The first-order valence-electron chi connectivity index (χ1n) is 5.71. The first-order chi connectivity index (χ1) is 9.13. The van der Waals surface area contributed by atoms with Crippen molar-refractivity contribution < 1.29 is 4.74 Å². The molecule has 1 heterocycles. The predicted octanol–water partition coefficient (Wildman–Crippen LogP) is 1.24. The van der Waals surface area contributed by atoms with Crippen LogP contribution in [0.4, 0.5) is 17.6 Å². The van der Waals surface area contributed by atoms with Gasteiger partial charge in [0, 0.05) is 12.7 Å². The molecule has 0 aliphatic rings. The highest BCUT2D eigenvalue weighted by molar-refractivity contribution is 5.58. The average molecular weight is 260 g/mol. The molecule has 1 aromatic carbocycles. The molecule has 0 spiro atoms.